The summed E-state index contributed by atoms with van der Waals surface area (Å²) in [5.74, 6) is 0.563. The van der Waals surface area contributed by atoms with Crippen LogP contribution >= 0.6 is 0 Å². The van der Waals surface area contributed by atoms with Gasteiger partial charge in [0.05, 0.1) is 19.3 Å². The Kier molecular flexibility index (Phi) is 4.29. The van der Waals surface area contributed by atoms with Crippen molar-refractivity contribution in [1.29, 1.82) is 5.26 Å². The van der Waals surface area contributed by atoms with Crippen LogP contribution < -0.4 is 4.74 Å². The van der Waals surface area contributed by atoms with E-state index in [2.05, 4.69) is 6.07 Å². The molecule has 0 spiro atoms. The Bertz CT molecular complexity index is 535. The van der Waals surface area contributed by atoms with Crippen LogP contribution in [0.25, 0.3) is 0 Å². The molecule has 1 aliphatic rings. The van der Waals surface area contributed by atoms with Crippen LogP contribution in [-0.2, 0) is 9.53 Å². The summed E-state index contributed by atoms with van der Waals surface area (Å²) in [6.45, 7) is 4.31. The molecule has 0 saturated heterocycles. The molecule has 0 amide bonds. The highest BCUT2D eigenvalue weighted by Crippen LogP contribution is 2.41. The highest BCUT2D eigenvalue weighted by atomic mass is 16.5. The summed E-state index contributed by atoms with van der Waals surface area (Å²) in [4.78, 5) is 12.0. The zero-order valence-corrected chi connectivity index (χ0v) is 11.9. The lowest BCUT2D eigenvalue weighted by Crippen LogP contribution is -2.31. The number of para-hydroxylation sites is 1. The fourth-order valence-corrected chi connectivity index (χ4v) is 2.59. The quantitative estimate of drug-likeness (QED) is 0.791. The highest BCUT2D eigenvalue weighted by molar-refractivity contribution is 5.79. The predicted molar refractivity (Wildman–Crippen MR) is 74.3 cm³/mol. The number of ether oxygens (including phenoxy) is 2. The van der Waals surface area contributed by atoms with Crippen molar-refractivity contribution in [3.63, 3.8) is 0 Å². The van der Waals surface area contributed by atoms with Gasteiger partial charge < -0.3 is 9.47 Å². The second-order valence-corrected chi connectivity index (χ2v) is 5.24. The van der Waals surface area contributed by atoms with Gasteiger partial charge in [-0.1, -0.05) is 18.2 Å². The summed E-state index contributed by atoms with van der Waals surface area (Å²) >= 11 is 0. The van der Waals surface area contributed by atoms with E-state index in [9.17, 15) is 10.1 Å². The van der Waals surface area contributed by atoms with Gasteiger partial charge in [-0.2, -0.15) is 5.26 Å². The first-order chi connectivity index (χ1) is 9.60. The first-order valence-corrected chi connectivity index (χ1v) is 6.91. The number of benzene rings is 1. The zero-order chi connectivity index (χ0) is 14.6. The Morgan fingerprint density at radius 3 is 3.00 bits per heavy atom. The van der Waals surface area contributed by atoms with Gasteiger partial charge in [-0.05, 0) is 44.2 Å². The topological polar surface area (TPSA) is 59.3 Å². The standard InChI is InChI=1S/C16H19NO3/c1-3-19-15(18)16(2,11-17)10-12-8-9-20-14-7-5-4-6-13(12)14/h4-7,12H,3,8-10H2,1-2H3. The van der Waals surface area contributed by atoms with Gasteiger partial charge in [0.1, 0.15) is 5.75 Å². The molecule has 4 heteroatoms. The number of rotatable bonds is 4. The number of hydrogen-bond acceptors (Lipinski definition) is 4. The Morgan fingerprint density at radius 2 is 2.30 bits per heavy atom. The van der Waals surface area contributed by atoms with Crippen molar-refractivity contribution in [2.75, 3.05) is 13.2 Å². The van der Waals surface area contributed by atoms with Crippen LogP contribution in [0.4, 0.5) is 0 Å². The molecule has 2 rings (SSSR count). The van der Waals surface area contributed by atoms with Crippen molar-refractivity contribution in [3.05, 3.63) is 29.8 Å². The maximum atomic E-state index is 12.0. The molecule has 0 aliphatic carbocycles. The summed E-state index contributed by atoms with van der Waals surface area (Å²) in [7, 11) is 0. The van der Waals surface area contributed by atoms with Crippen molar-refractivity contribution in [3.8, 4) is 11.8 Å². The second-order valence-electron chi connectivity index (χ2n) is 5.24. The molecule has 0 saturated carbocycles. The molecular weight excluding hydrogens is 254 g/mol. The maximum absolute atomic E-state index is 12.0. The third-order valence-electron chi connectivity index (χ3n) is 3.71. The number of hydrogen-bond donors (Lipinski definition) is 0. The van der Waals surface area contributed by atoms with Crippen molar-refractivity contribution in [2.24, 2.45) is 5.41 Å². The van der Waals surface area contributed by atoms with E-state index in [1.807, 2.05) is 24.3 Å². The summed E-state index contributed by atoms with van der Waals surface area (Å²) in [5, 5.41) is 9.38. The average molecular weight is 273 g/mol. The molecule has 4 nitrogen and oxygen atoms in total. The van der Waals surface area contributed by atoms with Crippen molar-refractivity contribution < 1.29 is 14.3 Å². The number of esters is 1. The largest absolute Gasteiger partial charge is 0.493 e. The molecule has 2 atom stereocenters. The average Bonchev–Trinajstić information content (AvgIpc) is 2.48. The number of fused-ring (bicyclic) bond motifs is 1. The van der Waals surface area contributed by atoms with E-state index < -0.39 is 11.4 Å². The maximum Gasteiger partial charge on any atom is 0.326 e. The first kappa shape index (κ1) is 14.4. The first-order valence-electron chi connectivity index (χ1n) is 6.91. The van der Waals surface area contributed by atoms with Crippen LogP contribution in [-0.4, -0.2) is 19.2 Å². The van der Waals surface area contributed by atoms with E-state index in [4.69, 9.17) is 9.47 Å². The smallest absolute Gasteiger partial charge is 0.326 e. The second kappa shape index (κ2) is 5.96. The van der Waals surface area contributed by atoms with Gasteiger partial charge in [0, 0.05) is 0 Å². The molecule has 1 aromatic carbocycles. The molecule has 0 bridgehead atoms. The minimum atomic E-state index is -1.11. The zero-order valence-electron chi connectivity index (χ0n) is 11.9. The normalized spacial score (nSPS) is 19.9. The Morgan fingerprint density at radius 1 is 1.55 bits per heavy atom. The summed E-state index contributed by atoms with van der Waals surface area (Å²) in [6.07, 6.45) is 1.27. The van der Waals surface area contributed by atoms with Gasteiger partial charge >= 0.3 is 5.97 Å². The van der Waals surface area contributed by atoms with Crippen LogP contribution in [0.15, 0.2) is 24.3 Å². The molecule has 0 fully saturated rings. The Labute approximate surface area is 119 Å². The molecule has 20 heavy (non-hydrogen) atoms. The Balaban J connectivity index is 2.22. The molecule has 0 aromatic heterocycles. The van der Waals surface area contributed by atoms with Gasteiger partial charge in [-0.3, -0.25) is 4.79 Å². The third-order valence-corrected chi connectivity index (χ3v) is 3.71. The van der Waals surface area contributed by atoms with Crippen LogP contribution in [0, 0.1) is 16.7 Å². The van der Waals surface area contributed by atoms with Crippen LogP contribution in [0.5, 0.6) is 5.75 Å². The fraction of sp³-hybridized carbons (Fsp3) is 0.500. The number of nitrogens with zero attached hydrogens (tertiary/aromatic N) is 1. The number of nitriles is 1. The molecule has 0 N–H and O–H groups in total. The SMILES string of the molecule is CCOC(=O)C(C)(C#N)CC1CCOc2ccccc21. The summed E-state index contributed by atoms with van der Waals surface area (Å²) in [5.41, 5.74) is -0.0324. The molecular formula is C16H19NO3. The van der Waals surface area contributed by atoms with E-state index in [1.165, 1.54) is 0 Å². The monoisotopic (exact) mass is 273 g/mol. The van der Waals surface area contributed by atoms with Gasteiger partial charge in [0.2, 0.25) is 0 Å². The van der Waals surface area contributed by atoms with Crippen molar-refractivity contribution in [1.82, 2.24) is 0 Å². The lowest BCUT2D eigenvalue weighted by molar-refractivity contribution is -0.151. The molecule has 2 unspecified atom stereocenters. The Hall–Kier alpha value is -2.02. The molecule has 1 aromatic rings. The van der Waals surface area contributed by atoms with Crippen LogP contribution in [0.2, 0.25) is 0 Å². The van der Waals surface area contributed by atoms with Crippen LogP contribution in [0.1, 0.15) is 38.2 Å². The van der Waals surface area contributed by atoms with Crippen molar-refractivity contribution >= 4 is 5.97 Å². The molecule has 1 heterocycles. The third kappa shape index (κ3) is 2.77. The van der Waals surface area contributed by atoms with E-state index in [0.29, 0.717) is 19.6 Å². The fourth-order valence-electron chi connectivity index (χ4n) is 2.59. The van der Waals surface area contributed by atoms with E-state index in [-0.39, 0.29) is 5.92 Å². The van der Waals surface area contributed by atoms with Gasteiger partial charge in [-0.25, -0.2) is 0 Å². The molecule has 106 valence electrons. The van der Waals surface area contributed by atoms with Gasteiger partial charge in [-0.15, -0.1) is 0 Å². The number of carbonyl (C=O) groups excluding carboxylic acids is 1. The number of carbonyl (C=O) groups is 1. The molecule has 1 aliphatic heterocycles. The van der Waals surface area contributed by atoms with Gasteiger partial charge in [0.25, 0.3) is 0 Å². The highest BCUT2D eigenvalue weighted by Gasteiger charge is 2.39. The minimum Gasteiger partial charge on any atom is -0.493 e. The van der Waals surface area contributed by atoms with Crippen LogP contribution in [0.3, 0.4) is 0 Å². The summed E-state index contributed by atoms with van der Waals surface area (Å²) in [6, 6.07) is 9.93. The molecule has 0 radical (unpaired) electrons. The predicted octanol–water partition coefficient (Wildman–Crippen LogP) is 3.04. The van der Waals surface area contributed by atoms with E-state index >= 15 is 0 Å². The lowest BCUT2D eigenvalue weighted by Gasteiger charge is -2.30. The van der Waals surface area contributed by atoms with Gasteiger partial charge in [0.15, 0.2) is 5.41 Å². The van der Waals surface area contributed by atoms with Crippen molar-refractivity contribution in [2.45, 2.75) is 32.6 Å². The summed E-state index contributed by atoms with van der Waals surface area (Å²) < 4.78 is 10.6. The lowest BCUT2D eigenvalue weighted by atomic mass is 9.77. The minimum absolute atomic E-state index is 0.147. The van der Waals surface area contributed by atoms with E-state index in [0.717, 1.165) is 17.7 Å². The van der Waals surface area contributed by atoms with E-state index in [1.54, 1.807) is 13.8 Å².